The molecule has 0 saturated carbocycles. The van der Waals surface area contributed by atoms with E-state index in [4.69, 9.17) is 25.8 Å². The minimum Gasteiger partial charge on any atom is -0.497 e. The summed E-state index contributed by atoms with van der Waals surface area (Å²) in [7, 11) is 4.89. The molecule has 0 amide bonds. The van der Waals surface area contributed by atoms with E-state index in [1.165, 1.54) is 0 Å². The van der Waals surface area contributed by atoms with Crippen LogP contribution in [0.5, 0.6) is 17.2 Å². The highest BCUT2D eigenvalue weighted by Gasteiger charge is 2.16. The molecular formula is C16H17ClO3. The number of ether oxygens (including phenoxy) is 3. The molecule has 2 aromatic rings. The van der Waals surface area contributed by atoms with Crippen molar-refractivity contribution in [2.75, 3.05) is 21.3 Å². The quantitative estimate of drug-likeness (QED) is 0.779. The fourth-order valence-corrected chi connectivity index (χ4v) is 2.31. The van der Waals surface area contributed by atoms with Crippen LogP contribution < -0.4 is 14.2 Å². The third-order valence-corrected chi connectivity index (χ3v) is 3.61. The highest BCUT2D eigenvalue weighted by Crippen LogP contribution is 2.37. The van der Waals surface area contributed by atoms with Crippen LogP contribution in [0.15, 0.2) is 42.5 Å². The van der Waals surface area contributed by atoms with Gasteiger partial charge in [0.15, 0.2) is 0 Å². The second-order valence-electron chi connectivity index (χ2n) is 4.24. The van der Waals surface area contributed by atoms with Crippen molar-refractivity contribution in [3.8, 4) is 17.2 Å². The number of rotatable bonds is 5. The molecule has 106 valence electrons. The van der Waals surface area contributed by atoms with Crippen LogP contribution in [0.25, 0.3) is 0 Å². The maximum atomic E-state index is 6.56. The number of hydrogen-bond donors (Lipinski definition) is 0. The Bertz CT molecular complexity index is 566. The summed E-state index contributed by atoms with van der Waals surface area (Å²) in [5.74, 6) is 2.29. The maximum Gasteiger partial charge on any atom is 0.124 e. The molecule has 0 aliphatic heterocycles. The average molecular weight is 293 g/mol. The second kappa shape index (κ2) is 6.53. The first kappa shape index (κ1) is 14.5. The normalized spacial score (nSPS) is 11.8. The van der Waals surface area contributed by atoms with Gasteiger partial charge in [0.2, 0.25) is 0 Å². The van der Waals surface area contributed by atoms with Crippen molar-refractivity contribution >= 4 is 11.6 Å². The number of alkyl halides is 1. The molecule has 0 spiro atoms. The molecule has 0 heterocycles. The first-order valence-corrected chi connectivity index (χ1v) is 6.63. The van der Waals surface area contributed by atoms with Crippen LogP contribution in [0, 0.1) is 0 Å². The van der Waals surface area contributed by atoms with Crippen LogP contribution in [0.1, 0.15) is 16.5 Å². The van der Waals surface area contributed by atoms with Gasteiger partial charge in [-0.15, -0.1) is 11.6 Å². The molecule has 1 atom stereocenters. The van der Waals surface area contributed by atoms with Crippen molar-refractivity contribution in [1.82, 2.24) is 0 Å². The number of halogens is 1. The molecule has 0 bridgehead atoms. The monoisotopic (exact) mass is 292 g/mol. The second-order valence-corrected chi connectivity index (χ2v) is 4.68. The van der Waals surface area contributed by atoms with Crippen LogP contribution >= 0.6 is 11.6 Å². The Balaban J connectivity index is 2.37. The predicted octanol–water partition coefficient (Wildman–Crippen LogP) is 4.04. The van der Waals surface area contributed by atoms with Gasteiger partial charge >= 0.3 is 0 Å². The zero-order valence-electron chi connectivity index (χ0n) is 11.7. The molecule has 0 radical (unpaired) electrons. The SMILES string of the molecule is COc1ccc(C(Cl)c2cc(OC)ccc2OC)cc1. The molecule has 0 aliphatic carbocycles. The van der Waals surface area contributed by atoms with Gasteiger partial charge in [-0.05, 0) is 35.9 Å². The van der Waals surface area contributed by atoms with Gasteiger partial charge in [0.1, 0.15) is 17.2 Å². The molecule has 2 aromatic carbocycles. The Hall–Kier alpha value is -1.87. The molecule has 1 unspecified atom stereocenters. The van der Waals surface area contributed by atoms with E-state index in [0.29, 0.717) is 0 Å². The Morgan fingerprint density at radius 2 is 1.40 bits per heavy atom. The topological polar surface area (TPSA) is 27.7 Å². The van der Waals surface area contributed by atoms with E-state index in [0.717, 1.165) is 28.4 Å². The summed E-state index contributed by atoms with van der Waals surface area (Å²) in [6.45, 7) is 0. The van der Waals surface area contributed by atoms with Crippen LogP contribution in [0.3, 0.4) is 0 Å². The van der Waals surface area contributed by atoms with Crippen molar-refractivity contribution < 1.29 is 14.2 Å². The maximum absolute atomic E-state index is 6.56. The molecule has 0 saturated heterocycles. The lowest BCUT2D eigenvalue weighted by Crippen LogP contribution is -1.98. The third kappa shape index (κ3) is 2.99. The minimum atomic E-state index is -0.314. The smallest absolute Gasteiger partial charge is 0.124 e. The molecule has 4 heteroatoms. The lowest BCUT2D eigenvalue weighted by molar-refractivity contribution is 0.399. The Morgan fingerprint density at radius 1 is 0.800 bits per heavy atom. The lowest BCUT2D eigenvalue weighted by atomic mass is 10.0. The molecular weight excluding hydrogens is 276 g/mol. The Kier molecular flexibility index (Phi) is 4.74. The van der Waals surface area contributed by atoms with E-state index in [1.807, 2.05) is 42.5 Å². The van der Waals surface area contributed by atoms with E-state index in [2.05, 4.69) is 0 Å². The first-order chi connectivity index (χ1) is 9.69. The standard InChI is InChI=1S/C16H17ClO3/c1-18-12-6-4-11(5-7-12)16(17)14-10-13(19-2)8-9-15(14)20-3/h4-10,16H,1-3H3. The summed E-state index contributed by atoms with van der Waals surface area (Å²) < 4.78 is 15.8. The summed E-state index contributed by atoms with van der Waals surface area (Å²) in [4.78, 5) is 0. The van der Waals surface area contributed by atoms with Gasteiger partial charge in [-0.1, -0.05) is 12.1 Å². The highest BCUT2D eigenvalue weighted by molar-refractivity contribution is 6.22. The fourth-order valence-electron chi connectivity index (χ4n) is 1.99. The first-order valence-electron chi connectivity index (χ1n) is 6.19. The van der Waals surface area contributed by atoms with E-state index < -0.39 is 0 Å². The van der Waals surface area contributed by atoms with E-state index in [1.54, 1.807) is 21.3 Å². The molecule has 3 nitrogen and oxygen atoms in total. The van der Waals surface area contributed by atoms with Crippen molar-refractivity contribution in [3.05, 3.63) is 53.6 Å². The van der Waals surface area contributed by atoms with Crippen molar-refractivity contribution in [1.29, 1.82) is 0 Å². The number of methoxy groups -OCH3 is 3. The van der Waals surface area contributed by atoms with Gasteiger partial charge in [0.25, 0.3) is 0 Å². The lowest BCUT2D eigenvalue weighted by Gasteiger charge is -2.16. The van der Waals surface area contributed by atoms with Crippen LogP contribution in [0.4, 0.5) is 0 Å². The molecule has 20 heavy (non-hydrogen) atoms. The average Bonchev–Trinajstić information content (AvgIpc) is 2.53. The summed E-state index contributed by atoms with van der Waals surface area (Å²) >= 11 is 6.56. The van der Waals surface area contributed by atoms with Crippen LogP contribution in [-0.4, -0.2) is 21.3 Å². The van der Waals surface area contributed by atoms with E-state index >= 15 is 0 Å². The zero-order chi connectivity index (χ0) is 14.5. The molecule has 0 fully saturated rings. The van der Waals surface area contributed by atoms with Gasteiger partial charge in [0.05, 0.1) is 26.7 Å². The largest absolute Gasteiger partial charge is 0.497 e. The molecule has 2 rings (SSSR count). The summed E-state index contributed by atoms with van der Waals surface area (Å²) in [5.41, 5.74) is 1.85. The summed E-state index contributed by atoms with van der Waals surface area (Å²) in [6, 6.07) is 13.2. The fraction of sp³-hybridized carbons (Fsp3) is 0.250. The molecule has 0 aliphatic rings. The highest BCUT2D eigenvalue weighted by atomic mass is 35.5. The predicted molar refractivity (Wildman–Crippen MR) is 80.2 cm³/mol. The van der Waals surface area contributed by atoms with Gasteiger partial charge in [0, 0.05) is 5.56 Å². The number of benzene rings is 2. The van der Waals surface area contributed by atoms with Crippen LogP contribution in [-0.2, 0) is 0 Å². The van der Waals surface area contributed by atoms with Gasteiger partial charge < -0.3 is 14.2 Å². The van der Waals surface area contributed by atoms with Gasteiger partial charge in [-0.2, -0.15) is 0 Å². The van der Waals surface area contributed by atoms with Crippen molar-refractivity contribution in [3.63, 3.8) is 0 Å². The van der Waals surface area contributed by atoms with E-state index in [9.17, 15) is 0 Å². The van der Waals surface area contributed by atoms with Gasteiger partial charge in [-0.3, -0.25) is 0 Å². The number of hydrogen-bond acceptors (Lipinski definition) is 3. The minimum absolute atomic E-state index is 0.314. The van der Waals surface area contributed by atoms with E-state index in [-0.39, 0.29) is 5.38 Å². The summed E-state index contributed by atoms with van der Waals surface area (Å²) in [6.07, 6.45) is 0. The Labute approximate surface area is 124 Å². The van der Waals surface area contributed by atoms with Gasteiger partial charge in [-0.25, -0.2) is 0 Å². The molecule has 0 aromatic heterocycles. The third-order valence-electron chi connectivity index (χ3n) is 3.12. The molecule has 0 N–H and O–H groups in total. The summed E-state index contributed by atoms with van der Waals surface area (Å²) in [5, 5.41) is -0.314. The zero-order valence-corrected chi connectivity index (χ0v) is 12.5. The van der Waals surface area contributed by atoms with Crippen molar-refractivity contribution in [2.45, 2.75) is 5.38 Å². The van der Waals surface area contributed by atoms with Crippen molar-refractivity contribution in [2.24, 2.45) is 0 Å². The Morgan fingerprint density at radius 3 is 1.95 bits per heavy atom. The van der Waals surface area contributed by atoms with Crippen LogP contribution in [0.2, 0.25) is 0 Å².